The fourth-order valence-corrected chi connectivity index (χ4v) is 6.30. The fraction of sp³-hybridized carbons (Fsp3) is 0.536. The Morgan fingerprint density at radius 1 is 1.03 bits per heavy atom. The van der Waals surface area contributed by atoms with Crippen molar-refractivity contribution in [3.63, 3.8) is 0 Å². The lowest BCUT2D eigenvalue weighted by atomic mass is 9.59. The highest BCUT2D eigenvalue weighted by atomic mass is 16.5. The summed E-state index contributed by atoms with van der Waals surface area (Å²) in [6.45, 7) is 5.39. The summed E-state index contributed by atoms with van der Waals surface area (Å²) in [5, 5.41) is 3.85. The average molecular weight is 460 g/mol. The highest BCUT2D eigenvalue weighted by Gasteiger charge is 2.43. The molecule has 3 heterocycles. The summed E-state index contributed by atoms with van der Waals surface area (Å²) < 4.78 is 12.7. The molecule has 0 aromatic heterocycles. The molecule has 2 aromatic rings. The third-order valence-corrected chi connectivity index (χ3v) is 7.95. The van der Waals surface area contributed by atoms with E-state index in [4.69, 9.17) is 9.47 Å². The second-order valence-corrected chi connectivity index (χ2v) is 10.5. The standard InChI is InChI=1S/C28H37BN2O3/c1-20-16-25(30-29(2)17-21-8-4-3-5-9-21)26-18-33-23-14-12-22(13-15-23)24-10-6-7-11-27(24)34-19-28(32)31(20)26/h3-11,20,22-23,25-26,30H,12-19H2,1-2H3. The number of hydrogen-bond donors (Lipinski definition) is 1. The molecule has 6 heteroatoms. The Labute approximate surface area is 204 Å². The van der Waals surface area contributed by atoms with Crippen molar-refractivity contribution in [2.45, 2.75) is 82.3 Å². The maximum Gasteiger partial charge on any atom is 0.261 e. The quantitative estimate of drug-likeness (QED) is 0.684. The van der Waals surface area contributed by atoms with Crippen LogP contribution in [0.1, 0.15) is 56.1 Å². The van der Waals surface area contributed by atoms with Crippen LogP contribution in [-0.4, -0.2) is 55.1 Å². The number of carbonyl (C=O) groups is 1. The minimum atomic E-state index is 0.0260. The Morgan fingerprint density at radius 2 is 1.76 bits per heavy atom. The number of fused-ring (bicyclic) bond motifs is 5. The average Bonchev–Trinajstić information content (AvgIpc) is 3.16. The predicted octanol–water partition coefficient (Wildman–Crippen LogP) is 4.47. The number of carbonyl (C=O) groups excluding carboxylic acids is 1. The van der Waals surface area contributed by atoms with Gasteiger partial charge in [0.25, 0.3) is 5.91 Å². The van der Waals surface area contributed by atoms with Gasteiger partial charge in [0, 0.05) is 12.1 Å². The van der Waals surface area contributed by atoms with Gasteiger partial charge < -0.3 is 19.6 Å². The molecule has 1 N–H and O–H groups in total. The van der Waals surface area contributed by atoms with Crippen molar-refractivity contribution in [3.05, 3.63) is 65.7 Å². The molecule has 2 fully saturated rings. The summed E-state index contributed by atoms with van der Waals surface area (Å²) >= 11 is 0. The monoisotopic (exact) mass is 460 g/mol. The summed E-state index contributed by atoms with van der Waals surface area (Å²) in [6, 6.07) is 19.3. The number of ether oxygens (including phenoxy) is 2. The van der Waals surface area contributed by atoms with Gasteiger partial charge in [-0.05, 0) is 62.9 Å². The van der Waals surface area contributed by atoms with Gasteiger partial charge in [-0.3, -0.25) is 4.79 Å². The van der Waals surface area contributed by atoms with Crippen LogP contribution < -0.4 is 9.96 Å². The zero-order chi connectivity index (χ0) is 23.5. The van der Waals surface area contributed by atoms with Gasteiger partial charge in [-0.15, -0.1) is 0 Å². The minimum absolute atomic E-state index is 0.0260. The first-order valence-electron chi connectivity index (χ1n) is 13.0. The van der Waals surface area contributed by atoms with Crippen molar-refractivity contribution >= 4 is 12.8 Å². The van der Waals surface area contributed by atoms with Crippen LogP contribution in [0.15, 0.2) is 54.6 Å². The summed E-state index contributed by atoms with van der Waals surface area (Å²) in [4.78, 5) is 15.5. The summed E-state index contributed by atoms with van der Waals surface area (Å²) in [5.41, 5.74) is 2.57. The van der Waals surface area contributed by atoms with E-state index in [0.29, 0.717) is 19.4 Å². The van der Waals surface area contributed by atoms with E-state index >= 15 is 0 Å². The van der Waals surface area contributed by atoms with Crippen molar-refractivity contribution < 1.29 is 14.3 Å². The van der Waals surface area contributed by atoms with Crippen LogP contribution in [0.5, 0.6) is 5.75 Å². The molecule has 5 nitrogen and oxygen atoms in total. The third kappa shape index (κ3) is 5.18. The summed E-state index contributed by atoms with van der Waals surface area (Å²) in [6.07, 6.45) is 6.54. The van der Waals surface area contributed by atoms with Gasteiger partial charge in [0.2, 0.25) is 6.85 Å². The van der Waals surface area contributed by atoms with Gasteiger partial charge in [-0.1, -0.05) is 60.9 Å². The van der Waals surface area contributed by atoms with Crippen LogP contribution in [0.3, 0.4) is 0 Å². The number of para-hydroxylation sites is 1. The van der Waals surface area contributed by atoms with Crippen LogP contribution in [0.4, 0.5) is 0 Å². The van der Waals surface area contributed by atoms with Gasteiger partial charge in [0.05, 0.1) is 18.8 Å². The van der Waals surface area contributed by atoms with Gasteiger partial charge in [-0.2, -0.15) is 0 Å². The highest BCUT2D eigenvalue weighted by molar-refractivity contribution is 6.54. The third-order valence-electron chi connectivity index (χ3n) is 7.95. The zero-order valence-electron chi connectivity index (χ0n) is 20.5. The molecule has 4 aliphatic rings. The molecule has 1 amide bonds. The SMILES string of the molecule is CB(Cc1ccccc1)NC1CC(C)N2C(=O)COc3ccccc3C3CCC(CC3)OCC12. The van der Waals surface area contributed by atoms with Crippen molar-refractivity contribution in [3.8, 4) is 5.75 Å². The molecule has 1 saturated carbocycles. The molecule has 3 aliphatic heterocycles. The van der Waals surface area contributed by atoms with Crippen LogP contribution >= 0.6 is 0 Å². The van der Waals surface area contributed by atoms with E-state index in [1.54, 1.807) is 0 Å². The Bertz CT molecular complexity index is 963. The molecule has 0 radical (unpaired) electrons. The number of hydrogen-bond acceptors (Lipinski definition) is 4. The first-order valence-corrected chi connectivity index (χ1v) is 13.0. The Hall–Kier alpha value is -2.31. The van der Waals surface area contributed by atoms with Crippen molar-refractivity contribution in [1.82, 2.24) is 10.1 Å². The van der Waals surface area contributed by atoms with E-state index in [9.17, 15) is 4.79 Å². The fourth-order valence-electron chi connectivity index (χ4n) is 6.30. The second-order valence-electron chi connectivity index (χ2n) is 10.5. The first kappa shape index (κ1) is 23.4. The Morgan fingerprint density at radius 3 is 2.56 bits per heavy atom. The first-order chi connectivity index (χ1) is 16.6. The number of nitrogens with one attached hydrogen (secondary N) is 1. The molecule has 1 saturated heterocycles. The van der Waals surface area contributed by atoms with E-state index in [2.05, 4.69) is 61.4 Å². The smallest absolute Gasteiger partial charge is 0.261 e. The van der Waals surface area contributed by atoms with Crippen LogP contribution in [0.25, 0.3) is 0 Å². The molecular formula is C28H37BN2O3. The molecule has 3 atom stereocenters. The number of amides is 1. The summed E-state index contributed by atoms with van der Waals surface area (Å²) in [5.74, 6) is 1.41. The minimum Gasteiger partial charge on any atom is -0.483 e. The Kier molecular flexibility index (Phi) is 7.26. The molecule has 6 rings (SSSR count). The molecule has 2 bridgehead atoms. The van der Waals surface area contributed by atoms with E-state index in [-0.39, 0.29) is 36.7 Å². The van der Waals surface area contributed by atoms with Crippen LogP contribution in [0, 0.1) is 0 Å². The van der Waals surface area contributed by atoms with E-state index in [1.165, 1.54) is 11.1 Å². The van der Waals surface area contributed by atoms with Crippen LogP contribution in [0.2, 0.25) is 6.82 Å². The number of rotatable bonds is 4. The van der Waals surface area contributed by atoms with Gasteiger partial charge >= 0.3 is 0 Å². The largest absolute Gasteiger partial charge is 0.483 e. The van der Waals surface area contributed by atoms with Crippen LogP contribution in [-0.2, 0) is 15.9 Å². The summed E-state index contributed by atoms with van der Waals surface area (Å²) in [7, 11) is 0. The maximum atomic E-state index is 13.4. The van der Waals surface area contributed by atoms with Gasteiger partial charge in [0.1, 0.15) is 5.75 Å². The lowest BCUT2D eigenvalue weighted by Gasteiger charge is -2.33. The maximum absolute atomic E-state index is 13.4. The molecule has 180 valence electrons. The zero-order valence-corrected chi connectivity index (χ0v) is 20.5. The van der Waals surface area contributed by atoms with Gasteiger partial charge in [-0.25, -0.2) is 0 Å². The number of nitrogens with zero attached hydrogens (tertiary/aromatic N) is 1. The molecule has 1 aliphatic carbocycles. The van der Waals surface area contributed by atoms with E-state index in [1.807, 2.05) is 17.0 Å². The highest BCUT2D eigenvalue weighted by Crippen LogP contribution is 2.39. The van der Waals surface area contributed by atoms with E-state index in [0.717, 1.165) is 44.2 Å². The lowest BCUT2D eigenvalue weighted by molar-refractivity contribution is -0.138. The second kappa shape index (κ2) is 10.5. The van der Waals surface area contributed by atoms with Crippen molar-refractivity contribution in [2.24, 2.45) is 0 Å². The molecule has 34 heavy (non-hydrogen) atoms. The molecule has 0 spiro atoms. The predicted molar refractivity (Wildman–Crippen MR) is 136 cm³/mol. The molecular weight excluding hydrogens is 423 g/mol. The van der Waals surface area contributed by atoms with Gasteiger partial charge in [0.15, 0.2) is 6.61 Å². The molecule has 2 aromatic carbocycles. The molecule has 3 unspecified atom stereocenters. The van der Waals surface area contributed by atoms with Crippen molar-refractivity contribution in [2.75, 3.05) is 13.2 Å². The van der Waals surface area contributed by atoms with Crippen molar-refractivity contribution in [1.29, 1.82) is 0 Å². The number of benzene rings is 2. The van der Waals surface area contributed by atoms with E-state index < -0.39 is 0 Å². The Balaban J connectivity index is 1.34. The lowest BCUT2D eigenvalue weighted by Crippen LogP contribution is -2.53. The normalized spacial score (nSPS) is 29.3. The topological polar surface area (TPSA) is 50.8 Å².